The molecular weight excluding hydrogens is 293 g/mol. The first-order valence-corrected chi connectivity index (χ1v) is 7.16. The van der Waals surface area contributed by atoms with Crippen molar-refractivity contribution in [3.05, 3.63) is 58.0 Å². The Morgan fingerprint density at radius 3 is 2.48 bits per heavy atom. The van der Waals surface area contributed by atoms with Gasteiger partial charge in [0.2, 0.25) is 5.91 Å². The van der Waals surface area contributed by atoms with Crippen LogP contribution in [0.5, 0.6) is 0 Å². The number of rotatable bonds is 4. The Morgan fingerprint density at radius 1 is 1.05 bits per heavy atom. The highest BCUT2D eigenvalue weighted by Crippen LogP contribution is 2.04. The van der Waals surface area contributed by atoms with Crippen molar-refractivity contribution < 1.29 is 14.0 Å². The van der Waals surface area contributed by atoms with E-state index >= 15 is 0 Å². The molecule has 0 aliphatic heterocycles. The van der Waals surface area contributed by atoms with Gasteiger partial charge in [-0.05, 0) is 40.1 Å². The number of hydrazine groups is 1. The number of amides is 3. The van der Waals surface area contributed by atoms with E-state index in [1.54, 1.807) is 11.3 Å². The number of thiophene rings is 1. The molecule has 110 valence electrons. The van der Waals surface area contributed by atoms with Gasteiger partial charge in [0, 0.05) is 6.54 Å². The van der Waals surface area contributed by atoms with E-state index < -0.39 is 6.03 Å². The number of carbonyl (C=O) groups excluding carboxylic acids is 2. The van der Waals surface area contributed by atoms with E-state index in [0.717, 1.165) is 5.56 Å². The highest BCUT2D eigenvalue weighted by Gasteiger charge is 2.05. The molecule has 21 heavy (non-hydrogen) atoms. The van der Waals surface area contributed by atoms with Crippen LogP contribution in [0.15, 0.2) is 41.1 Å². The zero-order chi connectivity index (χ0) is 15.1. The van der Waals surface area contributed by atoms with Gasteiger partial charge in [-0.1, -0.05) is 12.1 Å². The molecule has 1 aromatic carbocycles. The molecule has 0 bridgehead atoms. The predicted octanol–water partition coefficient (Wildman–Crippen LogP) is 1.96. The molecular formula is C14H14FN3O2S. The molecule has 0 spiro atoms. The van der Waals surface area contributed by atoms with Gasteiger partial charge in [-0.25, -0.2) is 14.6 Å². The molecule has 2 rings (SSSR count). The lowest BCUT2D eigenvalue weighted by molar-refractivity contribution is -0.121. The zero-order valence-corrected chi connectivity index (χ0v) is 11.9. The Kier molecular flexibility index (Phi) is 5.28. The van der Waals surface area contributed by atoms with E-state index in [-0.39, 0.29) is 18.1 Å². The molecule has 1 heterocycles. The maximum absolute atomic E-state index is 12.7. The molecule has 0 aliphatic carbocycles. The van der Waals surface area contributed by atoms with Gasteiger partial charge >= 0.3 is 6.03 Å². The number of hydrogen-bond donors (Lipinski definition) is 3. The second-order valence-corrected chi connectivity index (χ2v) is 5.07. The average molecular weight is 307 g/mol. The van der Waals surface area contributed by atoms with E-state index in [2.05, 4.69) is 16.2 Å². The minimum atomic E-state index is -0.492. The van der Waals surface area contributed by atoms with Crippen molar-refractivity contribution >= 4 is 23.3 Å². The fourth-order valence-electron chi connectivity index (χ4n) is 1.58. The van der Waals surface area contributed by atoms with Gasteiger partial charge in [0.15, 0.2) is 0 Å². The molecule has 0 radical (unpaired) electrons. The summed E-state index contributed by atoms with van der Waals surface area (Å²) in [6.07, 6.45) is 0.0606. The van der Waals surface area contributed by atoms with Crippen LogP contribution in [-0.4, -0.2) is 11.9 Å². The molecule has 2 aromatic rings. The molecule has 1 aromatic heterocycles. The minimum Gasteiger partial charge on any atom is -0.333 e. The topological polar surface area (TPSA) is 70.2 Å². The zero-order valence-electron chi connectivity index (χ0n) is 11.1. The summed E-state index contributed by atoms with van der Waals surface area (Å²) in [6, 6.07) is 7.01. The normalized spacial score (nSPS) is 9.95. The molecule has 3 N–H and O–H groups in total. The second-order valence-electron chi connectivity index (χ2n) is 4.29. The summed E-state index contributed by atoms with van der Waals surface area (Å²) in [5.74, 6) is -0.739. The maximum Gasteiger partial charge on any atom is 0.333 e. The molecule has 0 fully saturated rings. The lowest BCUT2D eigenvalue weighted by Crippen LogP contribution is -2.47. The fraction of sp³-hybridized carbons (Fsp3) is 0.143. The van der Waals surface area contributed by atoms with Crippen LogP contribution in [0.2, 0.25) is 0 Å². The van der Waals surface area contributed by atoms with Gasteiger partial charge < -0.3 is 5.32 Å². The van der Waals surface area contributed by atoms with Gasteiger partial charge in [-0.3, -0.25) is 10.2 Å². The van der Waals surface area contributed by atoms with E-state index in [0.29, 0.717) is 12.1 Å². The van der Waals surface area contributed by atoms with Crippen LogP contribution in [0.25, 0.3) is 0 Å². The van der Waals surface area contributed by atoms with Crippen molar-refractivity contribution in [1.82, 2.24) is 16.2 Å². The van der Waals surface area contributed by atoms with E-state index in [1.165, 1.54) is 24.3 Å². The Balaban J connectivity index is 1.68. The van der Waals surface area contributed by atoms with Gasteiger partial charge in [0.05, 0.1) is 6.42 Å². The average Bonchev–Trinajstić information content (AvgIpc) is 2.99. The SMILES string of the molecule is O=C(Cc1ccc(F)cc1)NNC(=O)NCc1ccsc1. The summed E-state index contributed by atoms with van der Waals surface area (Å²) < 4.78 is 12.7. The highest BCUT2D eigenvalue weighted by atomic mass is 32.1. The van der Waals surface area contributed by atoms with Crippen molar-refractivity contribution in [2.75, 3.05) is 0 Å². The number of nitrogens with one attached hydrogen (secondary N) is 3. The van der Waals surface area contributed by atoms with Crippen LogP contribution in [0.4, 0.5) is 9.18 Å². The number of urea groups is 1. The maximum atomic E-state index is 12.7. The monoisotopic (exact) mass is 307 g/mol. The van der Waals surface area contributed by atoms with Gasteiger partial charge in [0.1, 0.15) is 5.82 Å². The highest BCUT2D eigenvalue weighted by molar-refractivity contribution is 7.07. The number of carbonyl (C=O) groups is 2. The standard InChI is InChI=1S/C14H14FN3O2S/c15-12-3-1-10(2-4-12)7-13(19)17-18-14(20)16-8-11-5-6-21-9-11/h1-6,9H,7-8H2,(H,17,19)(H2,16,18,20). The fourth-order valence-corrected chi connectivity index (χ4v) is 2.25. The molecule has 0 unspecified atom stereocenters. The van der Waals surface area contributed by atoms with Crippen molar-refractivity contribution in [3.63, 3.8) is 0 Å². The third kappa shape index (κ3) is 5.23. The lowest BCUT2D eigenvalue weighted by Gasteiger charge is -2.08. The van der Waals surface area contributed by atoms with Gasteiger partial charge in [-0.2, -0.15) is 11.3 Å². The van der Waals surface area contributed by atoms with Crippen LogP contribution in [0.1, 0.15) is 11.1 Å². The minimum absolute atomic E-state index is 0.0606. The van der Waals surface area contributed by atoms with Crippen LogP contribution < -0.4 is 16.2 Å². The number of hydrogen-bond acceptors (Lipinski definition) is 3. The van der Waals surface area contributed by atoms with E-state index in [4.69, 9.17) is 0 Å². The third-order valence-electron chi connectivity index (χ3n) is 2.63. The largest absolute Gasteiger partial charge is 0.333 e. The van der Waals surface area contributed by atoms with Crippen molar-refractivity contribution in [3.8, 4) is 0 Å². The Morgan fingerprint density at radius 2 is 1.81 bits per heavy atom. The third-order valence-corrected chi connectivity index (χ3v) is 3.36. The van der Waals surface area contributed by atoms with Crippen molar-refractivity contribution in [2.24, 2.45) is 0 Å². The van der Waals surface area contributed by atoms with Crippen LogP contribution in [0, 0.1) is 5.82 Å². The predicted molar refractivity (Wildman–Crippen MR) is 77.9 cm³/mol. The summed E-state index contributed by atoms with van der Waals surface area (Å²) in [7, 11) is 0. The first-order chi connectivity index (χ1) is 10.1. The Hall–Kier alpha value is -2.41. The van der Waals surface area contributed by atoms with Gasteiger partial charge in [0.25, 0.3) is 0 Å². The van der Waals surface area contributed by atoms with Crippen molar-refractivity contribution in [1.29, 1.82) is 0 Å². The summed E-state index contributed by atoms with van der Waals surface area (Å²) >= 11 is 1.54. The number of halogens is 1. The van der Waals surface area contributed by atoms with Crippen LogP contribution in [-0.2, 0) is 17.8 Å². The molecule has 7 heteroatoms. The van der Waals surface area contributed by atoms with Gasteiger partial charge in [-0.15, -0.1) is 0 Å². The molecule has 0 saturated carbocycles. The summed E-state index contributed by atoms with van der Waals surface area (Å²) in [5, 5.41) is 6.44. The van der Waals surface area contributed by atoms with E-state index in [9.17, 15) is 14.0 Å². The van der Waals surface area contributed by atoms with Crippen LogP contribution in [0.3, 0.4) is 0 Å². The quantitative estimate of drug-likeness (QED) is 0.756. The molecule has 3 amide bonds. The molecule has 0 atom stereocenters. The van der Waals surface area contributed by atoms with E-state index in [1.807, 2.05) is 16.8 Å². The summed E-state index contributed by atoms with van der Waals surface area (Å²) in [4.78, 5) is 23.0. The smallest absolute Gasteiger partial charge is 0.333 e. The molecule has 0 aliphatic rings. The number of benzene rings is 1. The Labute approximate surface area is 125 Å². The Bertz CT molecular complexity index is 599. The summed E-state index contributed by atoms with van der Waals surface area (Å²) in [6.45, 7) is 0.392. The molecule has 0 saturated heterocycles. The van der Waals surface area contributed by atoms with Crippen LogP contribution >= 0.6 is 11.3 Å². The van der Waals surface area contributed by atoms with Crippen molar-refractivity contribution in [2.45, 2.75) is 13.0 Å². The first-order valence-electron chi connectivity index (χ1n) is 6.21. The molecule has 5 nitrogen and oxygen atoms in total. The first kappa shape index (κ1) is 15.0. The second kappa shape index (κ2) is 7.39. The lowest BCUT2D eigenvalue weighted by atomic mass is 10.1. The summed E-state index contributed by atoms with van der Waals surface area (Å²) in [5.41, 5.74) is 6.19.